The largest absolute Gasteiger partial charge is 0.396 e. The highest BCUT2D eigenvalue weighted by Gasteiger charge is 2.35. The Morgan fingerprint density at radius 3 is 2.94 bits per heavy atom. The van der Waals surface area contributed by atoms with Crippen LogP contribution in [0.2, 0.25) is 0 Å². The summed E-state index contributed by atoms with van der Waals surface area (Å²) in [5.74, 6) is 1.47. The van der Waals surface area contributed by atoms with Gasteiger partial charge in [0.2, 0.25) is 5.91 Å². The first-order chi connectivity index (χ1) is 7.72. The van der Waals surface area contributed by atoms with E-state index in [-0.39, 0.29) is 12.5 Å². The second-order valence-electron chi connectivity index (χ2n) is 5.19. The van der Waals surface area contributed by atoms with Gasteiger partial charge in [0.05, 0.1) is 5.92 Å². The third kappa shape index (κ3) is 2.38. The fraction of sp³-hybridized carbons (Fsp3) is 0.917. The molecular formula is C12H22N2O2. The second-order valence-corrected chi connectivity index (χ2v) is 5.19. The van der Waals surface area contributed by atoms with Crippen LogP contribution in [0.15, 0.2) is 0 Å². The molecule has 3 unspecified atom stereocenters. The highest BCUT2D eigenvalue weighted by molar-refractivity contribution is 5.80. The first-order valence-electron chi connectivity index (χ1n) is 6.32. The van der Waals surface area contributed by atoms with Crippen molar-refractivity contribution in [2.24, 2.45) is 17.8 Å². The molecule has 4 nitrogen and oxygen atoms in total. The van der Waals surface area contributed by atoms with Crippen molar-refractivity contribution in [2.75, 3.05) is 32.8 Å². The topological polar surface area (TPSA) is 52.6 Å². The van der Waals surface area contributed by atoms with Crippen LogP contribution in [0.5, 0.6) is 0 Å². The molecule has 1 amide bonds. The maximum Gasteiger partial charge on any atom is 0.227 e. The molecule has 2 aliphatic heterocycles. The zero-order chi connectivity index (χ0) is 11.5. The molecule has 0 spiro atoms. The van der Waals surface area contributed by atoms with E-state index >= 15 is 0 Å². The van der Waals surface area contributed by atoms with Gasteiger partial charge in [-0.25, -0.2) is 0 Å². The van der Waals surface area contributed by atoms with Crippen molar-refractivity contribution >= 4 is 5.91 Å². The lowest BCUT2D eigenvalue weighted by molar-refractivity contribution is -0.135. The Hall–Kier alpha value is -0.610. The number of nitrogens with zero attached hydrogens (tertiary/aromatic N) is 1. The zero-order valence-corrected chi connectivity index (χ0v) is 9.98. The molecule has 0 aromatic rings. The summed E-state index contributed by atoms with van der Waals surface area (Å²) in [6.07, 6.45) is 1.89. The summed E-state index contributed by atoms with van der Waals surface area (Å²) < 4.78 is 0. The highest BCUT2D eigenvalue weighted by atomic mass is 16.3. The Bertz CT molecular complexity index is 257. The molecule has 92 valence electrons. The van der Waals surface area contributed by atoms with E-state index in [2.05, 4.69) is 12.2 Å². The van der Waals surface area contributed by atoms with Crippen molar-refractivity contribution in [3.63, 3.8) is 0 Å². The highest BCUT2D eigenvalue weighted by Crippen LogP contribution is 2.24. The number of carbonyl (C=O) groups excluding carboxylic acids is 1. The number of carbonyl (C=O) groups is 1. The third-order valence-corrected chi connectivity index (χ3v) is 3.97. The van der Waals surface area contributed by atoms with Gasteiger partial charge in [0.15, 0.2) is 0 Å². The van der Waals surface area contributed by atoms with E-state index in [0.29, 0.717) is 17.7 Å². The van der Waals surface area contributed by atoms with Gasteiger partial charge < -0.3 is 15.3 Å². The number of rotatable bonds is 3. The Balaban J connectivity index is 1.86. The smallest absolute Gasteiger partial charge is 0.227 e. The van der Waals surface area contributed by atoms with Crippen LogP contribution in [0.25, 0.3) is 0 Å². The maximum atomic E-state index is 12.2. The summed E-state index contributed by atoms with van der Waals surface area (Å²) in [6.45, 7) is 5.92. The molecule has 0 radical (unpaired) electrons. The number of amides is 1. The first kappa shape index (κ1) is 11.9. The quantitative estimate of drug-likeness (QED) is 0.716. The zero-order valence-electron chi connectivity index (χ0n) is 9.98. The van der Waals surface area contributed by atoms with Crippen molar-refractivity contribution in [2.45, 2.75) is 19.8 Å². The Morgan fingerprint density at radius 2 is 2.31 bits per heavy atom. The minimum absolute atomic E-state index is 0.174. The van der Waals surface area contributed by atoms with Crippen LogP contribution in [0, 0.1) is 17.8 Å². The molecule has 2 fully saturated rings. The molecule has 0 aromatic heterocycles. The summed E-state index contributed by atoms with van der Waals surface area (Å²) in [7, 11) is 0. The van der Waals surface area contributed by atoms with Crippen molar-refractivity contribution in [1.82, 2.24) is 10.2 Å². The number of hydrogen-bond donors (Lipinski definition) is 2. The number of likely N-dealkylation sites (tertiary alicyclic amines) is 1. The van der Waals surface area contributed by atoms with Gasteiger partial charge in [0, 0.05) is 26.2 Å². The molecule has 4 heteroatoms. The van der Waals surface area contributed by atoms with Crippen molar-refractivity contribution in [3.05, 3.63) is 0 Å². The SMILES string of the molecule is CC1CNCC1C(=O)N1CCC(CCO)C1. The fourth-order valence-corrected chi connectivity index (χ4v) is 2.83. The minimum Gasteiger partial charge on any atom is -0.396 e. The molecule has 3 atom stereocenters. The lowest BCUT2D eigenvalue weighted by atomic mass is 9.97. The van der Waals surface area contributed by atoms with Gasteiger partial charge >= 0.3 is 0 Å². The summed E-state index contributed by atoms with van der Waals surface area (Å²) in [5, 5.41) is 12.2. The summed E-state index contributed by atoms with van der Waals surface area (Å²) in [4.78, 5) is 14.2. The van der Waals surface area contributed by atoms with E-state index in [1.54, 1.807) is 0 Å². The number of aliphatic hydroxyl groups is 1. The van der Waals surface area contributed by atoms with Crippen molar-refractivity contribution in [3.8, 4) is 0 Å². The van der Waals surface area contributed by atoms with E-state index < -0.39 is 0 Å². The van der Waals surface area contributed by atoms with Crippen molar-refractivity contribution < 1.29 is 9.90 Å². The van der Waals surface area contributed by atoms with Gasteiger partial charge in [-0.15, -0.1) is 0 Å². The van der Waals surface area contributed by atoms with E-state index in [9.17, 15) is 4.79 Å². The van der Waals surface area contributed by atoms with Crippen LogP contribution in [0.1, 0.15) is 19.8 Å². The normalized spacial score (nSPS) is 34.6. The molecule has 16 heavy (non-hydrogen) atoms. The third-order valence-electron chi connectivity index (χ3n) is 3.97. The van der Waals surface area contributed by atoms with Crippen LogP contribution in [-0.2, 0) is 4.79 Å². The summed E-state index contributed by atoms with van der Waals surface area (Å²) in [6, 6.07) is 0. The average molecular weight is 226 g/mol. The average Bonchev–Trinajstić information content (AvgIpc) is 2.87. The maximum absolute atomic E-state index is 12.2. The predicted molar refractivity (Wildman–Crippen MR) is 61.9 cm³/mol. The summed E-state index contributed by atoms with van der Waals surface area (Å²) >= 11 is 0. The van der Waals surface area contributed by atoms with E-state index in [1.165, 1.54) is 0 Å². The molecule has 0 aromatic carbocycles. The molecule has 2 rings (SSSR count). The predicted octanol–water partition coefficient (Wildman–Crippen LogP) is 0.0728. The molecule has 0 bridgehead atoms. The van der Waals surface area contributed by atoms with E-state index in [1.807, 2.05) is 4.90 Å². The van der Waals surface area contributed by atoms with Gasteiger partial charge in [0.25, 0.3) is 0 Å². The molecule has 2 saturated heterocycles. The van der Waals surface area contributed by atoms with Crippen LogP contribution >= 0.6 is 0 Å². The Kier molecular flexibility index (Phi) is 3.82. The molecule has 0 saturated carbocycles. The Morgan fingerprint density at radius 1 is 1.50 bits per heavy atom. The van der Waals surface area contributed by atoms with Crippen LogP contribution in [0.4, 0.5) is 0 Å². The minimum atomic E-state index is 0.174. The van der Waals surface area contributed by atoms with Crippen LogP contribution in [-0.4, -0.2) is 48.7 Å². The molecule has 0 aliphatic carbocycles. The first-order valence-corrected chi connectivity index (χ1v) is 6.32. The van der Waals surface area contributed by atoms with Gasteiger partial charge in [-0.2, -0.15) is 0 Å². The standard InChI is InChI=1S/C12H22N2O2/c1-9-6-13-7-11(9)12(16)14-4-2-10(8-14)3-5-15/h9-11,13,15H,2-8H2,1H3. The second kappa shape index (κ2) is 5.15. The lowest BCUT2D eigenvalue weighted by Crippen LogP contribution is -2.37. The van der Waals surface area contributed by atoms with Gasteiger partial charge in [-0.3, -0.25) is 4.79 Å². The monoisotopic (exact) mass is 226 g/mol. The number of aliphatic hydroxyl groups excluding tert-OH is 1. The van der Waals surface area contributed by atoms with Crippen LogP contribution in [0.3, 0.4) is 0 Å². The number of hydrogen-bond acceptors (Lipinski definition) is 3. The van der Waals surface area contributed by atoms with Crippen LogP contribution < -0.4 is 5.32 Å². The molecule has 2 N–H and O–H groups in total. The molecular weight excluding hydrogens is 204 g/mol. The molecule has 2 aliphatic rings. The summed E-state index contributed by atoms with van der Waals surface area (Å²) in [5.41, 5.74) is 0. The fourth-order valence-electron chi connectivity index (χ4n) is 2.83. The van der Waals surface area contributed by atoms with Gasteiger partial charge in [-0.05, 0) is 31.2 Å². The van der Waals surface area contributed by atoms with Gasteiger partial charge in [0.1, 0.15) is 0 Å². The van der Waals surface area contributed by atoms with Crippen molar-refractivity contribution in [1.29, 1.82) is 0 Å². The Labute approximate surface area is 97.0 Å². The van der Waals surface area contributed by atoms with E-state index in [0.717, 1.165) is 39.0 Å². The number of nitrogens with one attached hydrogen (secondary N) is 1. The lowest BCUT2D eigenvalue weighted by Gasteiger charge is -2.22. The molecule has 2 heterocycles. The van der Waals surface area contributed by atoms with Gasteiger partial charge in [-0.1, -0.05) is 6.92 Å². The van der Waals surface area contributed by atoms with E-state index in [4.69, 9.17) is 5.11 Å².